The van der Waals surface area contributed by atoms with Crippen molar-refractivity contribution in [2.24, 2.45) is 10.1 Å². The third-order valence-electron chi connectivity index (χ3n) is 4.36. The van der Waals surface area contributed by atoms with Gasteiger partial charge in [0.1, 0.15) is 11.9 Å². The van der Waals surface area contributed by atoms with Crippen molar-refractivity contribution in [3.8, 4) is 0 Å². The van der Waals surface area contributed by atoms with Crippen molar-refractivity contribution < 1.29 is 9.59 Å². The van der Waals surface area contributed by atoms with Crippen LogP contribution in [0.15, 0.2) is 64.7 Å². The van der Waals surface area contributed by atoms with Gasteiger partial charge in [-0.1, -0.05) is 60.2 Å². The minimum atomic E-state index is -0.783. The van der Waals surface area contributed by atoms with Gasteiger partial charge in [-0.3, -0.25) is 25.4 Å². The second kappa shape index (κ2) is 8.94. The van der Waals surface area contributed by atoms with Gasteiger partial charge in [0.05, 0.1) is 12.1 Å². The maximum absolute atomic E-state index is 12.2. The molecule has 144 valence electrons. The molecular formula is C21H23N5O2. The fourth-order valence-electron chi connectivity index (χ4n) is 2.74. The summed E-state index contributed by atoms with van der Waals surface area (Å²) in [4.78, 5) is 28.6. The first kappa shape index (κ1) is 19.3. The maximum atomic E-state index is 12.2. The predicted octanol–water partition coefficient (Wildman–Crippen LogP) is 1.87. The molecule has 1 aliphatic heterocycles. The van der Waals surface area contributed by atoms with Crippen LogP contribution >= 0.6 is 0 Å². The Bertz CT molecular complexity index is 904. The molecule has 0 fully saturated rings. The molecule has 0 saturated carbocycles. The van der Waals surface area contributed by atoms with E-state index in [0.29, 0.717) is 18.0 Å². The Balaban J connectivity index is 1.60. The van der Waals surface area contributed by atoms with Crippen molar-refractivity contribution in [3.63, 3.8) is 0 Å². The van der Waals surface area contributed by atoms with E-state index in [1.165, 1.54) is 0 Å². The Morgan fingerprint density at radius 3 is 2.54 bits per heavy atom. The number of carbonyl (C=O) groups is 2. The summed E-state index contributed by atoms with van der Waals surface area (Å²) in [5, 5.41) is 4.12. The second-order valence-electron chi connectivity index (χ2n) is 6.67. The highest BCUT2D eigenvalue weighted by molar-refractivity contribution is 6.00. The van der Waals surface area contributed by atoms with Crippen molar-refractivity contribution in [2.75, 3.05) is 0 Å². The molecule has 28 heavy (non-hydrogen) atoms. The monoisotopic (exact) mass is 377 g/mol. The number of hydrazine groups is 1. The van der Waals surface area contributed by atoms with E-state index in [2.05, 4.69) is 26.4 Å². The molecule has 2 amide bonds. The van der Waals surface area contributed by atoms with Gasteiger partial charge in [0.15, 0.2) is 0 Å². The Kier molecular flexibility index (Phi) is 6.16. The van der Waals surface area contributed by atoms with E-state index in [4.69, 9.17) is 0 Å². The molecule has 0 bridgehead atoms. The number of aliphatic imine (C=N–C) groups is 1. The van der Waals surface area contributed by atoms with Crippen molar-refractivity contribution in [3.05, 3.63) is 71.3 Å². The lowest BCUT2D eigenvalue weighted by Gasteiger charge is -2.21. The van der Waals surface area contributed by atoms with Crippen LogP contribution in [-0.4, -0.2) is 29.4 Å². The number of hydrogen-bond acceptors (Lipinski definition) is 5. The molecule has 0 spiro atoms. The van der Waals surface area contributed by atoms with Crippen LogP contribution in [-0.2, 0) is 16.0 Å². The summed E-state index contributed by atoms with van der Waals surface area (Å²) in [6.45, 7) is 3.83. The number of nitrogens with one attached hydrogen (secondary N) is 3. The van der Waals surface area contributed by atoms with Gasteiger partial charge in [-0.25, -0.2) is 5.43 Å². The van der Waals surface area contributed by atoms with Crippen LogP contribution in [0.3, 0.4) is 0 Å². The van der Waals surface area contributed by atoms with E-state index in [9.17, 15) is 9.59 Å². The summed E-state index contributed by atoms with van der Waals surface area (Å²) in [5.74, 6) is -0.0922. The summed E-state index contributed by atoms with van der Waals surface area (Å²) >= 11 is 0. The largest absolute Gasteiger partial charge is 0.285 e. The van der Waals surface area contributed by atoms with Crippen molar-refractivity contribution in [1.29, 1.82) is 0 Å². The van der Waals surface area contributed by atoms with Crippen LogP contribution in [0.5, 0.6) is 0 Å². The minimum Gasteiger partial charge on any atom is -0.285 e. The summed E-state index contributed by atoms with van der Waals surface area (Å²) in [5.41, 5.74) is 11.7. The van der Waals surface area contributed by atoms with Gasteiger partial charge < -0.3 is 0 Å². The van der Waals surface area contributed by atoms with Crippen molar-refractivity contribution >= 4 is 23.4 Å². The van der Waals surface area contributed by atoms with E-state index in [1.807, 2.05) is 68.4 Å². The molecule has 1 atom stereocenters. The number of nitrogens with zero attached hydrogens (tertiary/aromatic N) is 2. The number of benzene rings is 2. The zero-order valence-corrected chi connectivity index (χ0v) is 15.9. The molecule has 2 aromatic carbocycles. The van der Waals surface area contributed by atoms with E-state index in [1.54, 1.807) is 0 Å². The number of carbonyl (C=O) groups excluding carboxylic acids is 2. The smallest absolute Gasteiger partial charge is 0.263 e. The third kappa shape index (κ3) is 5.26. The average Bonchev–Trinajstić information content (AvgIpc) is 2.70. The van der Waals surface area contributed by atoms with Crippen molar-refractivity contribution in [2.45, 2.75) is 32.7 Å². The molecule has 0 saturated heterocycles. The molecule has 0 aliphatic carbocycles. The number of aryl methyl sites for hydroxylation is 1. The zero-order chi connectivity index (χ0) is 19.9. The molecule has 1 aliphatic rings. The number of amidine groups is 1. The number of amides is 2. The molecule has 2 aromatic rings. The summed E-state index contributed by atoms with van der Waals surface area (Å²) in [7, 11) is 0. The first-order valence-electron chi connectivity index (χ1n) is 9.08. The highest BCUT2D eigenvalue weighted by Crippen LogP contribution is 2.07. The van der Waals surface area contributed by atoms with Gasteiger partial charge in [0.25, 0.3) is 5.91 Å². The van der Waals surface area contributed by atoms with Gasteiger partial charge >= 0.3 is 0 Å². The molecule has 7 heteroatoms. The van der Waals surface area contributed by atoms with E-state index in [-0.39, 0.29) is 18.2 Å². The van der Waals surface area contributed by atoms with Crippen LogP contribution in [0.25, 0.3) is 0 Å². The number of rotatable bonds is 6. The fraction of sp³-hybridized carbons (Fsp3) is 0.238. The summed E-state index contributed by atoms with van der Waals surface area (Å²) in [6.07, 6.45) is 0.473. The molecule has 1 heterocycles. The highest BCUT2D eigenvalue weighted by atomic mass is 16.2. The normalized spacial score (nSPS) is 16.6. The van der Waals surface area contributed by atoms with Gasteiger partial charge in [-0.15, -0.1) is 0 Å². The summed E-state index contributed by atoms with van der Waals surface area (Å²) < 4.78 is 0. The van der Waals surface area contributed by atoms with E-state index >= 15 is 0 Å². The fourth-order valence-corrected chi connectivity index (χ4v) is 2.74. The molecule has 7 nitrogen and oxygen atoms in total. The molecule has 0 radical (unpaired) electrons. The third-order valence-corrected chi connectivity index (χ3v) is 4.36. The van der Waals surface area contributed by atoms with Gasteiger partial charge in [0, 0.05) is 6.42 Å². The predicted molar refractivity (Wildman–Crippen MR) is 109 cm³/mol. The first-order valence-corrected chi connectivity index (χ1v) is 9.08. The molecule has 0 aromatic heterocycles. The lowest BCUT2D eigenvalue weighted by atomic mass is 10.1. The lowest BCUT2D eigenvalue weighted by Crippen LogP contribution is -2.52. The Labute approximate surface area is 163 Å². The topological polar surface area (TPSA) is 94.9 Å². The van der Waals surface area contributed by atoms with E-state index in [0.717, 1.165) is 16.7 Å². The van der Waals surface area contributed by atoms with Crippen LogP contribution < -0.4 is 16.3 Å². The standard InChI is InChI=1S/C21H23N5O2/c1-14-8-10-17(11-9-14)15(2)23-25-20(27)13-18-21(28)26-24-19(22-18)12-16-6-4-3-5-7-16/h3-11,18H,12-13H2,1-2H3,(H,22,24)(H,25,27)(H,26,28)/b23-15-/t18-/m0/s1. The maximum Gasteiger partial charge on any atom is 0.263 e. The molecule has 3 N–H and O–H groups in total. The molecular weight excluding hydrogens is 354 g/mol. The minimum absolute atomic E-state index is 0.0729. The van der Waals surface area contributed by atoms with Gasteiger partial charge in [0.2, 0.25) is 5.91 Å². The van der Waals surface area contributed by atoms with Crippen LogP contribution in [0.4, 0.5) is 0 Å². The van der Waals surface area contributed by atoms with Crippen LogP contribution in [0, 0.1) is 6.92 Å². The molecule has 3 rings (SSSR count). The highest BCUT2D eigenvalue weighted by Gasteiger charge is 2.25. The van der Waals surface area contributed by atoms with Gasteiger partial charge in [-0.2, -0.15) is 5.10 Å². The Morgan fingerprint density at radius 1 is 1.11 bits per heavy atom. The molecule has 0 unspecified atom stereocenters. The van der Waals surface area contributed by atoms with Crippen LogP contribution in [0.2, 0.25) is 0 Å². The Hall–Kier alpha value is -3.48. The zero-order valence-electron chi connectivity index (χ0n) is 15.9. The SMILES string of the molecule is C/C(=N/NC(=O)C[C@@H]1N=C(Cc2ccccc2)NNC1=O)c1ccc(C)cc1. The Morgan fingerprint density at radius 2 is 1.82 bits per heavy atom. The number of hydrogen-bond donors (Lipinski definition) is 3. The van der Waals surface area contributed by atoms with Gasteiger partial charge in [-0.05, 0) is 25.0 Å². The first-order chi connectivity index (χ1) is 13.5. The summed E-state index contributed by atoms with van der Waals surface area (Å²) in [6, 6.07) is 16.9. The second-order valence-corrected chi connectivity index (χ2v) is 6.67. The van der Waals surface area contributed by atoms with Crippen LogP contribution in [0.1, 0.15) is 30.0 Å². The average molecular weight is 377 g/mol. The lowest BCUT2D eigenvalue weighted by molar-refractivity contribution is -0.128. The quantitative estimate of drug-likeness (QED) is 0.530. The van der Waals surface area contributed by atoms with E-state index < -0.39 is 6.04 Å². The van der Waals surface area contributed by atoms with Crippen molar-refractivity contribution in [1.82, 2.24) is 16.3 Å². The number of hydrazone groups is 1.